The Balaban J connectivity index is 0.000000197. The van der Waals surface area contributed by atoms with Crippen LogP contribution < -0.4 is 5.32 Å². The van der Waals surface area contributed by atoms with Gasteiger partial charge in [0, 0.05) is 40.8 Å². The molecule has 8 nitrogen and oxygen atoms in total. The Kier molecular flexibility index (Phi) is 11.3. The number of nitrogens with zero attached hydrogens (tertiary/aromatic N) is 5. The van der Waals surface area contributed by atoms with Crippen molar-refractivity contribution < 1.29 is 31.9 Å². The van der Waals surface area contributed by atoms with Gasteiger partial charge in [-0.3, -0.25) is 14.2 Å². The number of aromatic nitrogens is 5. The van der Waals surface area contributed by atoms with Crippen LogP contribution in [0.2, 0.25) is 5.02 Å². The molecule has 0 spiro atoms. The van der Waals surface area contributed by atoms with Crippen LogP contribution in [0.5, 0.6) is 0 Å². The fraction of sp³-hybridized carbons (Fsp3) is 0.314. The van der Waals surface area contributed by atoms with Gasteiger partial charge in [-0.15, -0.1) is 11.6 Å². The third-order valence-electron chi connectivity index (χ3n) is 9.10. The van der Waals surface area contributed by atoms with Crippen molar-refractivity contribution >= 4 is 34.8 Å². The summed E-state index contributed by atoms with van der Waals surface area (Å²) >= 11 is 12.2. The summed E-state index contributed by atoms with van der Waals surface area (Å²) in [6.45, 7) is 2.48. The van der Waals surface area contributed by atoms with Gasteiger partial charge in [-0.1, -0.05) is 48.9 Å². The van der Waals surface area contributed by atoms with Crippen LogP contribution >= 0.6 is 23.2 Å². The maximum atomic E-state index is 13.5. The summed E-state index contributed by atoms with van der Waals surface area (Å²) in [4.78, 5) is 16.4. The first kappa shape index (κ1) is 36.9. The molecule has 50 heavy (non-hydrogen) atoms. The molecule has 3 aromatic carbocycles. The van der Waals surface area contributed by atoms with Crippen molar-refractivity contribution in [3.8, 4) is 11.1 Å². The normalized spacial score (nSPS) is 20.1. The number of benzene rings is 3. The van der Waals surface area contributed by atoms with Crippen molar-refractivity contribution in [2.24, 2.45) is 18.4 Å². The predicted molar refractivity (Wildman–Crippen MR) is 180 cm³/mol. The van der Waals surface area contributed by atoms with Crippen molar-refractivity contribution in [2.75, 3.05) is 11.2 Å². The minimum Gasteiger partial charge on any atom is -0.387 e. The molecule has 0 bridgehead atoms. The quantitative estimate of drug-likeness (QED) is 0.0903. The molecule has 3 atom stereocenters. The van der Waals surface area contributed by atoms with Crippen LogP contribution in [0.15, 0.2) is 79.5 Å². The van der Waals surface area contributed by atoms with Gasteiger partial charge >= 0.3 is 0 Å². The van der Waals surface area contributed by atoms with Crippen LogP contribution in [0, 0.1) is 28.8 Å². The van der Waals surface area contributed by atoms with Crippen molar-refractivity contribution in [1.82, 2.24) is 24.5 Å². The number of para-hydroxylation sites is 1. The average Bonchev–Trinajstić information content (AvgIpc) is 3.81. The van der Waals surface area contributed by atoms with E-state index < -0.39 is 41.1 Å². The number of carbonyl (C=O) groups is 1. The van der Waals surface area contributed by atoms with E-state index >= 15 is 0 Å². The SMILES string of the molecule is CC1(CCl)CCC(Cc2ccc(Cl)cc2)C1(O)Cn1cncn1.Cn1cc(C(=O)Nc2ccccc2-c2cc(F)c(F)c(F)c2)c(C(F)F)n1. The van der Waals surface area contributed by atoms with E-state index in [1.165, 1.54) is 37.1 Å². The fourth-order valence-corrected chi connectivity index (χ4v) is 6.76. The molecule has 1 aliphatic rings. The van der Waals surface area contributed by atoms with Crippen LogP contribution in [0.4, 0.5) is 27.6 Å². The molecular weight excluding hydrogens is 702 g/mol. The molecule has 1 amide bonds. The summed E-state index contributed by atoms with van der Waals surface area (Å²) in [6, 6.07) is 15.3. The van der Waals surface area contributed by atoms with E-state index in [0.29, 0.717) is 12.4 Å². The monoisotopic (exact) mass is 734 g/mol. The van der Waals surface area contributed by atoms with Gasteiger partial charge < -0.3 is 10.4 Å². The number of halogens is 7. The second-order valence-corrected chi connectivity index (χ2v) is 13.1. The molecule has 0 radical (unpaired) electrons. The van der Waals surface area contributed by atoms with E-state index in [1.807, 2.05) is 24.3 Å². The molecule has 0 saturated heterocycles. The van der Waals surface area contributed by atoms with Gasteiger partial charge in [0.05, 0.1) is 17.7 Å². The molecule has 3 unspecified atom stereocenters. The highest BCUT2D eigenvalue weighted by Gasteiger charge is 2.56. The zero-order valence-corrected chi connectivity index (χ0v) is 28.4. The third-order valence-corrected chi connectivity index (χ3v) is 9.95. The molecule has 1 aliphatic carbocycles. The zero-order chi connectivity index (χ0) is 36.2. The van der Waals surface area contributed by atoms with E-state index in [4.69, 9.17) is 23.2 Å². The minimum absolute atomic E-state index is 0.0254. The highest BCUT2D eigenvalue weighted by Crippen LogP contribution is 2.52. The fourth-order valence-electron chi connectivity index (χ4n) is 6.27. The molecule has 5 aromatic rings. The van der Waals surface area contributed by atoms with Crippen LogP contribution in [0.3, 0.4) is 0 Å². The second kappa shape index (κ2) is 15.3. The average molecular weight is 736 g/mol. The van der Waals surface area contributed by atoms with Crippen molar-refractivity contribution in [3.05, 3.63) is 119 Å². The molecule has 1 saturated carbocycles. The summed E-state index contributed by atoms with van der Waals surface area (Å²) in [5.74, 6) is -4.71. The number of aryl methyl sites for hydroxylation is 1. The first-order chi connectivity index (χ1) is 23.7. The zero-order valence-electron chi connectivity index (χ0n) is 26.9. The standard InChI is InChI=1S/C18H12F5N3O.C17H21Cl2N3O/c1-26-8-11(16(25-26)17(22)23)18(27)24-14-5-3-2-4-10(14)9-6-12(19)15(21)13(20)7-9;1-16(9-18)7-6-14(8-13-2-4-15(19)5-3-13)17(16,23)10-22-12-20-11-21-22/h2-8,17H,1H3,(H,24,27);2-5,11-12,14,23H,6-10H2,1H3. The number of rotatable bonds is 9. The lowest BCUT2D eigenvalue weighted by Gasteiger charge is -2.42. The summed E-state index contributed by atoms with van der Waals surface area (Å²) < 4.78 is 69.1. The predicted octanol–water partition coefficient (Wildman–Crippen LogP) is 8.25. The molecule has 0 aliphatic heterocycles. The number of anilines is 1. The maximum Gasteiger partial charge on any atom is 0.282 e. The molecule has 6 rings (SSSR count). The lowest BCUT2D eigenvalue weighted by Crippen LogP contribution is -2.51. The highest BCUT2D eigenvalue weighted by atomic mass is 35.5. The molecule has 1 fully saturated rings. The lowest BCUT2D eigenvalue weighted by molar-refractivity contribution is -0.0891. The van der Waals surface area contributed by atoms with Crippen molar-refractivity contribution in [3.63, 3.8) is 0 Å². The van der Waals surface area contributed by atoms with E-state index in [-0.39, 0.29) is 33.7 Å². The maximum absolute atomic E-state index is 13.5. The minimum atomic E-state index is -2.96. The number of aliphatic hydroxyl groups is 1. The van der Waals surface area contributed by atoms with Gasteiger partial charge in [-0.25, -0.2) is 26.9 Å². The third kappa shape index (κ3) is 7.85. The molecule has 2 N–H and O–H groups in total. The molecule has 15 heteroatoms. The summed E-state index contributed by atoms with van der Waals surface area (Å²) in [5, 5.41) is 22.4. The molecule has 264 valence electrons. The first-order valence-electron chi connectivity index (χ1n) is 15.5. The number of hydrogen-bond acceptors (Lipinski definition) is 5. The van der Waals surface area contributed by atoms with Gasteiger partial charge in [0.15, 0.2) is 17.5 Å². The Morgan fingerprint density at radius 1 is 1.10 bits per heavy atom. The van der Waals surface area contributed by atoms with Crippen LogP contribution in [0.25, 0.3) is 11.1 Å². The first-order valence-corrected chi connectivity index (χ1v) is 16.4. The summed E-state index contributed by atoms with van der Waals surface area (Å²) in [5.41, 5.74) is -0.828. The van der Waals surface area contributed by atoms with Gasteiger partial charge in [-0.2, -0.15) is 10.2 Å². The van der Waals surface area contributed by atoms with E-state index in [0.717, 1.165) is 47.3 Å². The van der Waals surface area contributed by atoms with Crippen LogP contribution in [-0.4, -0.2) is 47.0 Å². The number of alkyl halides is 3. The van der Waals surface area contributed by atoms with Gasteiger partial charge in [0.1, 0.15) is 18.3 Å². The van der Waals surface area contributed by atoms with Crippen LogP contribution in [0.1, 0.15) is 47.8 Å². The number of hydrogen-bond donors (Lipinski definition) is 2. The molecular formula is C35H33Cl2F5N6O2. The summed E-state index contributed by atoms with van der Waals surface area (Å²) in [6.07, 6.45) is 3.96. The molecule has 2 aromatic heterocycles. The Morgan fingerprint density at radius 2 is 1.78 bits per heavy atom. The van der Waals surface area contributed by atoms with E-state index in [9.17, 15) is 31.9 Å². The Hall–Kier alpha value is -4.33. The lowest BCUT2D eigenvalue weighted by atomic mass is 9.72. The second-order valence-electron chi connectivity index (χ2n) is 12.4. The van der Waals surface area contributed by atoms with E-state index in [2.05, 4.69) is 27.4 Å². The van der Waals surface area contributed by atoms with Gasteiger partial charge in [0.2, 0.25) is 0 Å². The molecule has 2 heterocycles. The Bertz CT molecular complexity index is 1920. The number of nitrogens with one attached hydrogen (secondary N) is 1. The highest BCUT2D eigenvalue weighted by molar-refractivity contribution is 6.30. The van der Waals surface area contributed by atoms with Crippen molar-refractivity contribution in [1.29, 1.82) is 0 Å². The number of amides is 1. The number of carbonyl (C=O) groups excluding carboxylic acids is 1. The van der Waals surface area contributed by atoms with Gasteiger partial charge in [-0.05, 0) is 66.6 Å². The Labute approximate surface area is 294 Å². The van der Waals surface area contributed by atoms with E-state index in [1.54, 1.807) is 17.1 Å². The van der Waals surface area contributed by atoms with Crippen molar-refractivity contribution in [2.45, 2.75) is 44.8 Å². The van der Waals surface area contributed by atoms with Crippen LogP contribution in [-0.2, 0) is 20.0 Å². The summed E-state index contributed by atoms with van der Waals surface area (Å²) in [7, 11) is 1.39. The largest absolute Gasteiger partial charge is 0.387 e. The van der Waals surface area contributed by atoms with Gasteiger partial charge in [0.25, 0.3) is 12.3 Å². The topological polar surface area (TPSA) is 97.9 Å². The Morgan fingerprint density at radius 3 is 2.40 bits per heavy atom. The smallest absolute Gasteiger partial charge is 0.282 e.